The minimum atomic E-state index is -1.14. The van der Waals surface area contributed by atoms with Crippen molar-refractivity contribution in [3.05, 3.63) is 64.6 Å². The molecule has 21 heavy (non-hydrogen) atoms. The third-order valence-corrected chi connectivity index (χ3v) is 3.93. The van der Waals surface area contributed by atoms with Gasteiger partial charge >= 0.3 is 5.97 Å². The summed E-state index contributed by atoms with van der Waals surface area (Å²) in [5.74, 6) is -1.34. The van der Waals surface area contributed by atoms with Gasteiger partial charge in [0.05, 0.1) is 0 Å². The average Bonchev–Trinajstić information content (AvgIpc) is 2.49. The number of hydrogen-bond acceptors (Lipinski definition) is 2. The molecule has 3 nitrogen and oxygen atoms in total. The molecular weight excluding hydrogens is 332 g/mol. The highest BCUT2D eigenvalue weighted by molar-refractivity contribution is 9.10. The van der Waals surface area contributed by atoms with E-state index < -0.39 is 5.97 Å². The van der Waals surface area contributed by atoms with Crippen molar-refractivity contribution in [2.45, 2.75) is 0 Å². The van der Waals surface area contributed by atoms with Crippen LogP contribution in [0.15, 0.2) is 59.1 Å². The highest BCUT2D eigenvalue weighted by Gasteiger charge is 2.16. The number of halogens is 1. The van der Waals surface area contributed by atoms with Gasteiger partial charge in [-0.2, -0.15) is 0 Å². The van der Waals surface area contributed by atoms with Crippen LogP contribution < -0.4 is 0 Å². The molecule has 2 N–H and O–H groups in total. The van der Waals surface area contributed by atoms with Crippen molar-refractivity contribution in [3.63, 3.8) is 0 Å². The Bertz CT molecular complexity index is 839. The smallest absolute Gasteiger partial charge is 0.339 e. The molecule has 0 unspecified atom stereocenters. The molecule has 0 aliphatic rings. The molecule has 0 bridgehead atoms. The molecule has 0 saturated heterocycles. The Hall–Kier alpha value is -2.33. The van der Waals surface area contributed by atoms with Crippen molar-refractivity contribution in [3.8, 4) is 16.9 Å². The van der Waals surface area contributed by atoms with Crippen LogP contribution in [0.1, 0.15) is 10.4 Å². The Balaban J connectivity index is 2.38. The molecule has 0 aliphatic heterocycles. The van der Waals surface area contributed by atoms with E-state index in [1.165, 1.54) is 6.07 Å². The molecule has 0 saturated carbocycles. The van der Waals surface area contributed by atoms with Crippen molar-refractivity contribution in [1.82, 2.24) is 0 Å². The summed E-state index contributed by atoms with van der Waals surface area (Å²) in [6.07, 6.45) is 0. The zero-order valence-corrected chi connectivity index (χ0v) is 12.5. The first-order chi connectivity index (χ1) is 10.1. The molecule has 3 aromatic rings. The molecule has 0 fully saturated rings. The van der Waals surface area contributed by atoms with E-state index in [1.807, 2.05) is 36.4 Å². The first kappa shape index (κ1) is 13.6. The van der Waals surface area contributed by atoms with Crippen LogP contribution >= 0.6 is 15.9 Å². The van der Waals surface area contributed by atoms with E-state index in [2.05, 4.69) is 15.9 Å². The average molecular weight is 343 g/mol. The van der Waals surface area contributed by atoms with Crippen LogP contribution in [0.25, 0.3) is 21.9 Å². The fraction of sp³-hybridized carbons (Fsp3) is 0. The summed E-state index contributed by atoms with van der Waals surface area (Å²) in [5.41, 5.74) is 1.59. The summed E-state index contributed by atoms with van der Waals surface area (Å²) in [4.78, 5) is 11.3. The topological polar surface area (TPSA) is 57.5 Å². The first-order valence-corrected chi connectivity index (χ1v) is 7.11. The molecule has 104 valence electrons. The van der Waals surface area contributed by atoms with Crippen LogP contribution in [0.3, 0.4) is 0 Å². The standard InChI is InChI=1S/C17H11BrO3/c18-11-7-5-10(6-8-11)14-9-15(17(20)21)16(19)13-4-2-1-3-12(13)14/h1-9,19H,(H,20,21). The van der Waals surface area contributed by atoms with E-state index in [0.29, 0.717) is 5.39 Å². The highest BCUT2D eigenvalue weighted by atomic mass is 79.9. The maximum absolute atomic E-state index is 11.3. The molecule has 0 spiro atoms. The van der Waals surface area contributed by atoms with Crippen LogP contribution in [-0.4, -0.2) is 16.2 Å². The maximum Gasteiger partial charge on any atom is 0.339 e. The monoisotopic (exact) mass is 342 g/mol. The summed E-state index contributed by atoms with van der Waals surface area (Å²) in [6, 6.07) is 16.4. The number of fused-ring (bicyclic) bond motifs is 1. The van der Waals surface area contributed by atoms with Gasteiger partial charge in [-0.15, -0.1) is 0 Å². The zero-order valence-electron chi connectivity index (χ0n) is 10.9. The Morgan fingerprint density at radius 2 is 1.57 bits per heavy atom. The number of phenols is 1. The molecule has 0 amide bonds. The van der Waals surface area contributed by atoms with Crippen molar-refractivity contribution in [1.29, 1.82) is 0 Å². The predicted molar refractivity (Wildman–Crippen MR) is 85.7 cm³/mol. The minimum absolute atomic E-state index is 0.0911. The summed E-state index contributed by atoms with van der Waals surface area (Å²) < 4.78 is 0.952. The van der Waals surface area contributed by atoms with Gasteiger partial charge in [0.1, 0.15) is 11.3 Å². The number of aromatic carboxylic acids is 1. The molecular formula is C17H11BrO3. The molecule has 0 aliphatic carbocycles. The summed E-state index contributed by atoms with van der Waals surface area (Å²) in [5, 5.41) is 20.8. The zero-order chi connectivity index (χ0) is 15.0. The van der Waals surface area contributed by atoms with Crippen molar-refractivity contribution in [2.75, 3.05) is 0 Å². The lowest BCUT2D eigenvalue weighted by molar-refractivity contribution is 0.0694. The quantitative estimate of drug-likeness (QED) is 0.711. The third kappa shape index (κ3) is 2.38. The van der Waals surface area contributed by atoms with Gasteiger partial charge < -0.3 is 10.2 Å². The van der Waals surface area contributed by atoms with Gasteiger partial charge in [-0.3, -0.25) is 0 Å². The fourth-order valence-corrected chi connectivity index (χ4v) is 2.66. The number of carbonyl (C=O) groups is 1. The van der Waals surface area contributed by atoms with Gasteiger partial charge in [0.15, 0.2) is 0 Å². The lowest BCUT2D eigenvalue weighted by Crippen LogP contribution is -1.98. The second kappa shape index (κ2) is 5.22. The second-order valence-electron chi connectivity index (χ2n) is 4.68. The lowest BCUT2D eigenvalue weighted by Gasteiger charge is -2.11. The van der Waals surface area contributed by atoms with Crippen LogP contribution in [0, 0.1) is 0 Å². The molecule has 0 radical (unpaired) electrons. The number of hydrogen-bond donors (Lipinski definition) is 2. The largest absolute Gasteiger partial charge is 0.506 e. The van der Waals surface area contributed by atoms with E-state index in [9.17, 15) is 15.0 Å². The van der Waals surface area contributed by atoms with E-state index in [4.69, 9.17) is 0 Å². The van der Waals surface area contributed by atoms with E-state index in [-0.39, 0.29) is 11.3 Å². The van der Waals surface area contributed by atoms with Crippen molar-refractivity contribution >= 4 is 32.7 Å². The van der Waals surface area contributed by atoms with Gasteiger partial charge in [-0.05, 0) is 34.7 Å². The molecule has 3 rings (SSSR count). The van der Waals surface area contributed by atoms with Crippen LogP contribution in [0.2, 0.25) is 0 Å². The Kier molecular flexibility index (Phi) is 3.39. The fourth-order valence-electron chi connectivity index (χ4n) is 2.39. The van der Waals surface area contributed by atoms with Crippen LogP contribution in [-0.2, 0) is 0 Å². The number of carboxylic acids is 1. The van der Waals surface area contributed by atoms with Crippen LogP contribution in [0.5, 0.6) is 5.75 Å². The predicted octanol–water partition coefficient (Wildman–Crippen LogP) is 4.67. The number of carboxylic acid groups (broad SMARTS) is 1. The molecule has 0 aromatic heterocycles. The Morgan fingerprint density at radius 3 is 2.19 bits per heavy atom. The third-order valence-electron chi connectivity index (χ3n) is 3.40. The van der Waals surface area contributed by atoms with Gasteiger partial charge in [0, 0.05) is 9.86 Å². The number of aromatic hydroxyl groups is 1. The lowest BCUT2D eigenvalue weighted by atomic mass is 9.95. The minimum Gasteiger partial charge on any atom is -0.506 e. The molecule has 3 aromatic carbocycles. The van der Waals surface area contributed by atoms with Crippen LogP contribution in [0.4, 0.5) is 0 Å². The van der Waals surface area contributed by atoms with Crippen molar-refractivity contribution in [2.24, 2.45) is 0 Å². The second-order valence-corrected chi connectivity index (χ2v) is 5.59. The van der Waals surface area contributed by atoms with Gasteiger partial charge in [-0.1, -0.05) is 52.3 Å². The summed E-state index contributed by atoms with van der Waals surface area (Å²) in [7, 11) is 0. The van der Waals surface area contributed by atoms with E-state index >= 15 is 0 Å². The number of rotatable bonds is 2. The van der Waals surface area contributed by atoms with Crippen molar-refractivity contribution < 1.29 is 15.0 Å². The van der Waals surface area contributed by atoms with Gasteiger partial charge in [0.25, 0.3) is 0 Å². The summed E-state index contributed by atoms with van der Waals surface area (Å²) >= 11 is 3.38. The normalized spacial score (nSPS) is 10.7. The Morgan fingerprint density at radius 1 is 0.952 bits per heavy atom. The molecule has 0 heterocycles. The molecule has 4 heteroatoms. The van der Waals surface area contributed by atoms with E-state index in [0.717, 1.165) is 21.0 Å². The first-order valence-electron chi connectivity index (χ1n) is 6.32. The maximum atomic E-state index is 11.3. The van der Waals surface area contributed by atoms with Gasteiger partial charge in [0.2, 0.25) is 0 Å². The Labute approximate surface area is 129 Å². The van der Waals surface area contributed by atoms with E-state index in [1.54, 1.807) is 12.1 Å². The summed E-state index contributed by atoms with van der Waals surface area (Å²) in [6.45, 7) is 0. The van der Waals surface area contributed by atoms with Gasteiger partial charge in [-0.25, -0.2) is 4.79 Å². The molecule has 0 atom stereocenters. The number of benzene rings is 3. The highest BCUT2D eigenvalue weighted by Crippen LogP contribution is 2.37. The SMILES string of the molecule is O=C(O)c1cc(-c2ccc(Br)cc2)c2ccccc2c1O.